The third-order valence-corrected chi connectivity index (χ3v) is 7.25. The second kappa shape index (κ2) is 32.7. The maximum atomic E-state index is 11.9. The minimum absolute atomic E-state index is 0. The lowest BCUT2D eigenvalue weighted by atomic mass is 10.2. The van der Waals surface area contributed by atoms with Crippen molar-refractivity contribution in [3.8, 4) is 0 Å². The third-order valence-electron chi connectivity index (χ3n) is 7.25. The Morgan fingerprint density at radius 2 is 0.515 bits per heavy atom. The molecule has 0 rings (SSSR count). The summed E-state index contributed by atoms with van der Waals surface area (Å²) in [6, 6.07) is 0. The van der Waals surface area contributed by atoms with Crippen molar-refractivity contribution in [1.82, 2.24) is 36.8 Å². The highest BCUT2D eigenvalue weighted by Gasteiger charge is 2.26. The number of halogens is 2. The van der Waals surface area contributed by atoms with Crippen LogP contribution < -0.4 is 55.9 Å². The predicted octanol–water partition coefficient (Wildman–Crippen LogP) is 3.92. The van der Waals surface area contributed by atoms with Gasteiger partial charge >= 0.3 is 36.6 Å². The first-order chi connectivity index (χ1) is 29.3. The first kappa shape index (κ1) is 69.6. The molecule has 0 atom stereocenters. The highest BCUT2D eigenvalue weighted by atomic mass is 127. The Morgan fingerprint density at radius 1 is 0.364 bits per heavy atom. The number of alkyl carbamates (subject to hydrolysis) is 6. The SMILES string of the molecule is CC(C)(C)OC(=O)NCCN(CCNC(=O)OC(C)(C)C)CCNC(=O)OC(C)(C)C.CC(C)(C)OC(=O)NCC[N+](C)(CCNC(=O)OC(C)(C)C)CCNC(=O)OC(C)(C)C.CI.[I-]. The van der Waals surface area contributed by atoms with Crippen molar-refractivity contribution in [3.63, 3.8) is 0 Å². The molecule has 66 heavy (non-hydrogen) atoms. The zero-order valence-electron chi connectivity index (χ0n) is 44.0. The van der Waals surface area contributed by atoms with Gasteiger partial charge in [0.1, 0.15) is 33.6 Å². The van der Waals surface area contributed by atoms with E-state index in [0.717, 1.165) is 0 Å². The van der Waals surface area contributed by atoms with E-state index in [1.54, 1.807) is 125 Å². The fraction of sp³-hybridized carbons (Fsp3) is 0.864. The molecule has 6 N–H and O–H groups in total. The molecule has 0 aromatic carbocycles. The molecule has 392 valence electrons. The number of likely N-dealkylation sites (N-methyl/N-ethyl adjacent to an activating group) is 1. The normalized spacial score (nSPS) is 11.9. The molecule has 20 nitrogen and oxygen atoms in total. The lowest BCUT2D eigenvalue weighted by molar-refractivity contribution is -0.906. The standard InChI is InChI=1S/C22H44N4O6.C21H42N4O6.CH3I.HI/c1-20(2,3)30-17(27)23-11-14-26(10,15-12-24-18(28)31-21(4,5)6)16-13-25-19(29)32-22(7,8)9;1-19(2,3)29-16(26)22-10-13-25(14-11-23-17(27)30-20(4,5)6)15-12-24-18(28)31-21(7,8)9;1-2;/h11-16H2,1-10H3,(H2-,23,24,25,27,28,29);10-15H2,1-9H3,(H,22,26)(H,23,27)(H,24,28);1H3;1H. The molecule has 0 saturated heterocycles. The first-order valence-electron chi connectivity index (χ1n) is 22.0. The molecular formula is C44H90I2N8O12. The van der Waals surface area contributed by atoms with Crippen molar-refractivity contribution < 1.29 is 85.6 Å². The molecule has 0 fully saturated rings. The van der Waals surface area contributed by atoms with Crippen LogP contribution in [0.5, 0.6) is 0 Å². The molecule has 0 spiro atoms. The van der Waals surface area contributed by atoms with Crippen molar-refractivity contribution in [3.05, 3.63) is 0 Å². The molecule has 0 heterocycles. The van der Waals surface area contributed by atoms with Gasteiger partial charge in [0.25, 0.3) is 0 Å². The van der Waals surface area contributed by atoms with Crippen LogP contribution in [0.25, 0.3) is 0 Å². The number of amides is 6. The van der Waals surface area contributed by atoms with Crippen molar-refractivity contribution in [1.29, 1.82) is 0 Å². The number of nitrogens with one attached hydrogen (secondary N) is 6. The van der Waals surface area contributed by atoms with Crippen LogP contribution in [-0.4, -0.2) is 170 Å². The molecule has 22 heteroatoms. The monoisotopic (exact) mass is 1180 g/mol. The van der Waals surface area contributed by atoms with Crippen LogP contribution >= 0.6 is 22.6 Å². The van der Waals surface area contributed by atoms with Crippen LogP contribution in [0.2, 0.25) is 0 Å². The summed E-state index contributed by atoms with van der Waals surface area (Å²) < 4.78 is 32.0. The van der Waals surface area contributed by atoms with Gasteiger partial charge in [0.15, 0.2) is 0 Å². The summed E-state index contributed by atoms with van der Waals surface area (Å²) >= 11 is 2.15. The number of quaternary nitrogens is 1. The highest BCUT2D eigenvalue weighted by Crippen LogP contribution is 2.11. The van der Waals surface area contributed by atoms with Crippen molar-refractivity contribution in [2.75, 3.05) is 90.5 Å². The van der Waals surface area contributed by atoms with E-state index >= 15 is 0 Å². The van der Waals surface area contributed by atoms with Crippen molar-refractivity contribution in [2.45, 2.75) is 158 Å². The highest BCUT2D eigenvalue weighted by molar-refractivity contribution is 14.1. The summed E-state index contributed by atoms with van der Waals surface area (Å²) in [6.07, 6.45) is -2.93. The van der Waals surface area contributed by atoms with E-state index in [1.165, 1.54) is 0 Å². The van der Waals surface area contributed by atoms with Crippen LogP contribution in [0, 0.1) is 0 Å². The van der Waals surface area contributed by atoms with E-state index in [1.807, 2.05) is 16.9 Å². The van der Waals surface area contributed by atoms with Crippen LogP contribution in [0.15, 0.2) is 0 Å². The second-order valence-corrected chi connectivity index (χ2v) is 21.2. The number of alkyl halides is 1. The number of ether oxygens (including phenoxy) is 6. The molecule has 0 radical (unpaired) electrons. The summed E-state index contributed by atoms with van der Waals surface area (Å²) in [5.41, 5.74) is -3.43. The van der Waals surface area contributed by atoms with Crippen LogP contribution in [0.4, 0.5) is 28.8 Å². The lowest BCUT2D eigenvalue weighted by Crippen LogP contribution is -3.00. The molecule has 0 aliphatic rings. The summed E-state index contributed by atoms with van der Waals surface area (Å²) in [7, 11) is 1.99. The maximum absolute atomic E-state index is 11.9. The van der Waals surface area contributed by atoms with Gasteiger partial charge in [-0.15, -0.1) is 0 Å². The third kappa shape index (κ3) is 50.4. The smallest absolute Gasteiger partial charge is 0.407 e. The first-order valence-corrected chi connectivity index (χ1v) is 24.2. The average molecular weight is 1180 g/mol. The van der Waals surface area contributed by atoms with Gasteiger partial charge in [-0.2, -0.15) is 0 Å². The summed E-state index contributed by atoms with van der Waals surface area (Å²) in [6.45, 7) is 37.8. The topological polar surface area (TPSA) is 233 Å². The Labute approximate surface area is 428 Å². The largest absolute Gasteiger partial charge is 1.00 e. The zero-order valence-corrected chi connectivity index (χ0v) is 48.3. The zero-order chi connectivity index (χ0) is 51.5. The Bertz CT molecular complexity index is 1250. The van der Waals surface area contributed by atoms with Gasteiger partial charge in [-0.25, -0.2) is 28.8 Å². The van der Waals surface area contributed by atoms with Gasteiger partial charge < -0.3 is 88.8 Å². The van der Waals surface area contributed by atoms with Crippen LogP contribution in [0.3, 0.4) is 0 Å². The Balaban J connectivity index is -0.000000553. The molecule has 0 bridgehead atoms. The number of nitrogens with zero attached hydrogens (tertiary/aromatic N) is 2. The molecule has 0 unspecified atom stereocenters. The van der Waals surface area contributed by atoms with E-state index < -0.39 is 70.2 Å². The number of carbonyl (C=O) groups excluding carboxylic acids is 6. The fourth-order valence-corrected chi connectivity index (χ4v) is 4.79. The van der Waals surface area contributed by atoms with E-state index in [4.69, 9.17) is 28.4 Å². The average Bonchev–Trinajstić information content (AvgIpc) is 3.04. The summed E-state index contributed by atoms with van der Waals surface area (Å²) in [5.74, 6) is 0. The number of rotatable bonds is 18. The molecular weight excluding hydrogens is 1090 g/mol. The number of hydrogen-bond acceptors (Lipinski definition) is 13. The van der Waals surface area contributed by atoms with Gasteiger partial charge in [-0.05, 0) is 130 Å². The molecule has 0 aliphatic carbocycles. The van der Waals surface area contributed by atoms with E-state index in [2.05, 4.69) is 54.5 Å². The van der Waals surface area contributed by atoms with E-state index in [-0.39, 0.29) is 24.0 Å². The molecule has 0 aliphatic heterocycles. The van der Waals surface area contributed by atoms with Crippen molar-refractivity contribution in [2.24, 2.45) is 0 Å². The molecule has 6 amide bonds. The molecule has 0 aromatic heterocycles. The Kier molecular flexibility index (Phi) is 34.5. The maximum Gasteiger partial charge on any atom is 0.407 e. The Morgan fingerprint density at radius 3 is 0.667 bits per heavy atom. The van der Waals surface area contributed by atoms with Gasteiger partial charge in [-0.3, -0.25) is 4.90 Å². The van der Waals surface area contributed by atoms with Gasteiger partial charge in [0, 0.05) is 39.3 Å². The Hall–Kier alpha value is -3.00. The van der Waals surface area contributed by atoms with Gasteiger partial charge in [0.05, 0.1) is 46.3 Å². The quantitative estimate of drug-likeness (QED) is 0.0495. The van der Waals surface area contributed by atoms with Crippen LogP contribution in [0.1, 0.15) is 125 Å². The van der Waals surface area contributed by atoms with Gasteiger partial charge in [-0.1, -0.05) is 22.6 Å². The minimum atomic E-state index is -0.573. The predicted molar refractivity (Wildman–Crippen MR) is 263 cm³/mol. The van der Waals surface area contributed by atoms with E-state index in [0.29, 0.717) is 83.0 Å². The van der Waals surface area contributed by atoms with Crippen molar-refractivity contribution >= 4 is 59.2 Å². The van der Waals surface area contributed by atoms with Crippen LogP contribution in [-0.2, 0) is 28.4 Å². The lowest BCUT2D eigenvalue weighted by Gasteiger charge is -2.35. The summed E-state index contributed by atoms with van der Waals surface area (Å²) in [4.78, 5) is 75.2. The van der Waals surface area contributed by atoms with E-state index in [9.17, 15) is 28.8 Å². The van der Waals surface area contributed by atoms with Gasteiger partial charge in [0.2, 0.25) is 0 Å². The number of carbonyl (C=O) groups is 6. The summed E-state index contributed by atoms with van der Waals surface area (Å²) in [5, 5.41) is 16.4. The second-order valence-electron chi connectivity index (χ2n) is 21.2. The molecule has 0 saturated carbocycles. The molecule has 0 aromatic rings. The minimum Gasteiger partial charge on any atom is -1.00 e. The number of hydrogen-bond donors (Lipinski definition) is 6. The fourth-order valence-electron chi connectivity index (χ4n) is 4.79.